The number of benzene rings is 1. The van der Waals surface area contributed by atoms with Crippen molar-refractivity contribution in [2.75, 3.05) is 0 Å². The van der Waals surface area contributed by atoms with Crippen LogP contribution >= 0.6 is 27.5 Å². The first kappa shape index (κ1) is 10.5. The second-order valence-corrected chi connectivity index (χ2v) is 3.81. The summed E-state index contributed by atoms with van der Waals surface area (Å²) < 4.78 is 5.72. The maximum atomic E-state index is 10.5. The number of ether oxygens (including phenoxy) is 1. The Morgan fingerprint density at radius 1 is 1.62 bits per heavy atom. The second kappa shape index (κ2) is 4.63. The normalized spacial score (nSPS) is 9.77. The molecule has 1 aromatic carbocycles. The molecule has 0 unspecified atom stereocenters. The molecule has 0 amide bonds. The Morgan fingerprint density at radius 2 is 2.31 bits per heavy atom. The van der Waals surface area contributed by atoms with E-state index < -0.39 is 0 Å². The van der Waals surface area contributed by atoms with Crippen molar-refractivity contribution >= 4 is 33.5 Å². The molecular formula is C9H8BrClO2. The fourth-order valence-corrected chi connectivity index (χ4v) is 1.39. The Morgan fingerprint density at radius 3 is 2.92 bits per heavy atom. The molecule has 0 heterocycles. The number of halogens is 2. The van der Waals surface area contributed by atoms with Crippen molar-refractivity contribution in [3.8, 4) is 0 Å². The van der Waals surface area contributed by atoms with E-state index in [2.05, 4.69) is 15.9 Å². The van der Waals surface area contributed by atoms with Gasteiger partial charge >= 0.3 is 5.97 Å². The molecular weight excluding hydrogens is 255 g/mol. The lowest BCUT2D eigenvalue weighted by Gasteiger charge is -2.04. The van der Waals surface area contributed by atoms with Crippen molar-refractivity contribution < 1.29 is 9.53 Å². The maximum Gasteiger partial charge on any atom is 0.302 e. The van der Waals surface area contributed by atoms with Crippen molar-refractivity contribution in [3.05, 3.63) is 33.3 Å². The Kier molecular flexibility index (Phi) is 3.75. The number of hydrogen-bond acceptors (Lipinski definition) is 2. The molecule has 0 aromatic heterocycles. The van der Waals surface area contributed by atoms with Gasteiger partial charge in [-0.15, -0.1) is 0 Å². The number of esters is 1. The summed E-state index contributed by atoms with van der Waals surface area (Å²) in [6, 6.07) is 5.35. The molecule has 0 aliphatic heterocycles. The van der Waals surface area contributed by atoms with Gasteiger partial charge in [0, 0.05) is 22.0 Å². The van der Waals surface area contributed by atoms with E-state index >= 15 is 0 Å². The summed E-state index contributed by atoms with van der Waals surface area (Å²) in [6.07, 6.45) is 0. The monoisotopic (exact) mass is 262 g/mol. The van der Waals surface area contributed by atoms with Crippen molar-refractivity contribution in [1.29, 1.82) is 0 Å². The van der Waals surface area contributed by atoms with Gasteiger partial charge in [-0.2, -0.15) is 0 Å². The van der Waals surface area contributed by atoms with E-state index in [-0.39, 0.29) is 12.6 Å². The third-order valence-corrected chi connectivity index (χ3v) is 2.45. The molecule has 0 saturated heterocycles. The number of carbonyl (C=O) groups excluding carboxylic acids is 1. The largest absolute Gasteiger partial charge is 0.461 e. The highest BCUT2D eigenvalue weighted by Crippen LogP contribution is 2.21. The SMILES string of the molecule is CC(=O)OCc1cc(Cl)ccc1Br. The zero-order valence-electron chi connectivity index (χ0n) is 7.01. The molecule has 0 spiro atoms. The molecule has 0 radical (unpaired) electrons. The minimum Gasteiger partial charge on any atom is -0.461 e. The topological polar surface area (TPSA) is 26.3 Å². The van der Waals surface area contributed by atoms with Crippen LogP contribution in [0.15, 0.2) is 22.7 Å². The highest BCUT2D eigenvalue weighted by molar-refractivity contribution is 9.10. The molecule has 1 rings (SSSR count). The van der Waals surface area contributed by atoms with Crippen LogP contribution in [0.1, 0.15) is 12.5 Å². The van der Waals surface area contributed by atoms with Gasteiger partial charge in [0.25, 0.3) is 0 Å². The second-order valence-electron chi connectivity index (χ2n) is 2.52. The van der Waals surface area contributed by atoms with E-state index in [0.717, 1.165) is 10.0 Å². The molecule has 4 heteroatoms. The summed E-state index contributed by atoms with van der Waals surface area (Å²) in [6.45, 7) is 1.62. The minimum atomic E-state index is -0.299. The van der Waals surface area contributed by atoms with E-state index in [1.165, 1.54) is 6.92 Å². The molecule has 0 N–H and O–H groups in total. The fourth-order valence-electron chi connectivity index (χ4n) is 0.833. The number of rotatable bonds is 2. The first-order valence-corrected chi connectivity index (χ1v) is 4.84. The zero-order chi connectivity index (χ0) is 9.84. The lowest BCUT2D eigenvalue weighted by Crippen LogP contribution is -1.99. The van der Waals surface area contributed by atoms with Gasteiger partial charge in [0.1, 0.15) is 6.61 Å². The van der Waals surface area contributed by atoms with Crippen LogP contribution < -0.4 is 0 Å². The Hall–Kier alpha value is -0.540. The average Bonchev–Trinajstić information content (AvgIpc) is 2.06. The van der Waals surface area contributed by atoms with Gasteiger partial charge in [-0.1, -0.05) is 27.5 Å². The molecule has 70 valence electrons. The summed E-state index contributed by atoms with van der Waals surface area (Å²) in [5.74, 6) is -0.299. The number of hydrogen-bond donors (Lipinski definition) is 0. The first-order chi connectivity index (χ1) is 6.09. The van der Waals surface area contributed by atoms with Crippen LogP contribution in [0.4, 0.5) is 0 Å². The van der Waals surface area contributed by atoms with Gasteiger partial charge in [-0.25, -0.2) is 0 Å². The van der Waals surface area contributed by atoms with E-state index in [1.54, 1.807) is 12.1 Å². The van der Waals surface area contributed by atoms with Crippen LogP contribution in [0.2, 0.25) is 5.02 Å². The summed E-state index contributed by atoms with van der Waals surface area (Å²) in [7, 11) is 0. The third-order valence-electron chi connectivity index (χ3n) is 1.44. The summed E-state index contributed by atoms with van der Waals surface area (Å²) >= 11 is 9.10. The molecule has 0 bridgehead atoms. The molecule has 0 aliphatic carbocycles. The van der Waals surface area contributed by atoms with Gasteiger partial charge in [0.2, 0.25) is 0 Å². The number of carbonyl (C=O) groups is 1. The Labute approximate surface area is 90.0 Å². The Bertz CT molecular complexity index is 325. The molecule has 0 aliphatic rings. The van der Waals surface area contributed by atoms with Gasteiger partial charge < -0.3 is 4.74 Å². The highest BCUT2D eigenvalue weighted by Gasteiger charge is 2.02. The first-order valence-electron chi connectivity index (χ1n) is 3.67. The summed E-state index contributed by atoms with van der Waals surface area (Å²) in [5, 5.41) is 0.630. The molecule has 0 fully saturated rings. The smallest absolute Gasteiger partial charge is 0.302 e. The third kappa shape index (κ3) is 3.36. The van der Waals surface area contributed by atoms with Crippen LogP contribution in [-0.4, -0.2) is 5.97 Å². The predicted octanol–water partition coefficient (Wildman–Crippen LogP) is 3.17. The van der Waals surface area contributed by atoms with E-state index in [9.17, 15) is 4.79 Å². The molecule has 2 nitrogen and oxygen atoms in total. The quantitative estimate of drug-likeness (QED) is 0.766. The molecule has 13 heavy (non-hydrogen) atoms. The minimum absolute atomic E-state index is 0.247. The zero-order valence-corrected chi connectivity index (χ0v) is 9.35. The predicted molar refractivity (Wildman–Crippen MR) is 54.6 cm³/mol. The van der Waals surface area contributed by atoms with Crippen LogP contribution in [0.5, 0.6) is 0 Å². The van der Waals surface area contributed by atoms with Crippen molar-refractivity contribution in [3.63, 3.8) is 0 Å². The molecule has 0 saturated carbocycles. The lowest BCUT2D eigenvalue weighted by molar-refractivity contribution is -0.142. The summed E-state index contributed by atoms with van der Waals surface area (Å²) in [5.41, 5.74) is 0.864. The van der Waals surface area contributed by atoms with Gasteiger partial charge in [-0.05, 0) is 18.2 Å². The summed E-state index contributed by atoms with van der Waals surface area (Å²) in [4.78, 5) is 10.5. The average molecular weight is 264 g/mol. The van der Waals surface area contributed by atoms with Crippen LogP contribution in [0.25, 0.3) is 0 Å². The van der Waals surface area contributed by atoms with Gasteiger partial charge in [-0.3, -0.25) is 4.79 Å². The fraction of sp³-hybridized carbons (Fsp3) is 0.222. The van der Waals surface area contributed by atoms with Gasteiger partial charge in [0.05, 0.1) is 0 Å². The van der Waals surface area contributed by atoms with Crippen LogP contribution in [-0.2, 0) is 16.1 Å². The van der Waals surface area contributed by atoms with E-state index in [4.69, 9.17) is 16.3 Å². The van der Waals surface area contributed by atoms with E-state index in [0.29, 0.717) is 5.02 Å². The van der Waals surface area contributed by atoms with Gasteiger partial charge in [0.15, 0.2) is 0 Å². The van der Waals surface area contributed by atoms with Crippen molar-refractivity contribution in [2.45, 2.75) is 13.5 Å². The lowest BCUT2D eigenvalue weighted by atomic mass is 10.2. The Balaban J connectivity index is 2.75. The van der Waals surface area contributed by atoms with E-state index in [1.807, 2.05) is 6.07 Å². The van der Waals surface area contributed by atoms with Crippen LogP contribution in [0, 0.1) is 0 Å². The standard InChI is InChI=1S/C9H8BrClO2/c1-6(12)13-5-7-4-8(11)2-3-9(7)10/h2-4H,5H2,1H3. The molecule has 0 atom stereocenters. The van der Waals surface area contributed by atoms with Crippen molar-refractivity contribution in [2.24, 2.45) is 0 Å². The van der Waals surface area contributed by atoms with Crippen molar-refractivity contribution in [1.82, 2.24) is 0 Å². The maximum absolute atomic E-state index is 10.5. The highest BCUT2D eigenvalue weighted by atomic mass is 79.9. The van der Waals surface area contributed by atoms with Crippen LogP contribution in [0.3, 0.4) is 0 Å². The molecule has 1 aromatic rings.